The Balaban J connectivity index is 2.46. The van der Waals surface area contributed by atoms with E-state index < -0.39 is 0 Å². The van der Waals surface area contributed by atoms with Gasteiger partial charge in [0, 0.05) is 13.2 Å². The lowest BCUT2D eigenvalue weighted by Crippen LogP contribution is -1.94. The monoisotopic (exact) mass is 257 g/mol. The van der Waals surface area contributed by atoms with Crippen LogP contribution in [0.25, 0.3) is 10.6 Å². The average molecular weight is 258 g/mol. The van der Waals surface area contributed by atoms with Gasteiger partial charge in [0.05, 0.1) is 8.66 Å². The third kappa shape index (κ3) is 1.62. The highest BCUT2D eigenvalue weighted by molar-refractivity contribution is 9.11. The quantitative estimate of drug-likeness (QED) is 0.854. The summed E-state index contributed by atoms with van der Waals surface area (Å²) in [5, 5.41) is 0. The van der Waals surface area contributed by atoms with E-state index >= 15 is 0 Å². The molecule has 0 radical (unpaired) electrons. The van der Waals surface area contributed by atoms with Crippen molar-refractivity contribution in [2.75, 3.05) is 5.73 Å². The van der Waals surface area contributed by atoms with Gasteiger partial charge < -0.3 is 10.3 Å². The first kappa shape index (κ1) is 8.77. The van der Waals surface area contributed by atoms with E-state index in [1.807, 2.05) is 29.9 Å². The fourth-order valence-electron chi connectivity index (χ4n) is 1.05. The molecule has 2 aromatic heterocycles. The first-order valence-corrected chi connectivity index (χ1v) is 5.32. The average Bonchev–Trinajstić information content (AvgIpc) is 2.61. The number of thiophene rings is 1. The minimum Gasteiger partial charge on any atom is -0.369 e. The number of aromatic nitrogens is 2. The molecule has 68 valence electrons. The second kappa shape index (κ2) is 3.16. The third-order valence-corrected chi connectivity index (χ3v) is 3.38. The second-order valence-electron chi connectivity index (χ2n) is 2.70. The Morgan fingerprint density at radius 1 is 1.54 bits per heavy atom. The number of nitrogen functional groups attached to an aromatic ring is 1. The molecule has 2 rings (SSSR count). The summed E-state index contributed by atoms with van der Waals surface area (Å²) in [6.07, 6.45) is 1.92. The van der Waals surface area contributed by atoms with E-state index in [9.17, 15) is 0 Å². The Labute approximate surface area is 88.3 Å². The number of halogens is 1. The van der Waals surface area contributed by atoms with Gasteiger partial charge in [0.15, 0.2) is 5.95 Å². The van der Waals surface area contributed by atoms with Crippen molar-refractivity contribution < 1.29 is 0 Å². The minimum absolute atomic E-state index is 0.541. The molecular weight excluding hydrogens is 250 g/mol. The number of imidazole rings is 1. The Morgan fingerprint density at radius 2 is 2.31 bits per heavy atom. The summed E-state index contributed by atoms with van der Waals surface area (Å²) in [4.78, 5) is 5.35. The van der Waals surface area contributed by atoms with E-state index in [1.54, 1.807) is 11.3 Å². The van der Waals surface area contributed by atoms with Gasteiger partial charge in [-0.1, -0.05) is 0 Å². The number of hydrogen-bond donors (Lipinski definition) is 1. The highest BCUT2D eigenvalue weighted by atomic mass is 79.9. The molecule has 0 amide bonds. The van der Waals surface area contributed by atoms with E-state index in [-0.39, 0.29) is 0 Å². The van der Waals surface area contributed by atoms with Crippen LogP contribution in [0.3, 0.4) is 0 Å². The minimum atomic E-state index is 0.541. The number of anilines is 1. The summed E-state index contributed by atoms with van der Waals surface area (Å²) >= 11 is 5.06. The molecular formula is C8H8BrN3S. The van der Waals surface area contributed by atoms with Gasteiger partial charge in [0.25, 0.3) is 0 Å². The van der Waals surface area contributed by atoms with Gasteiger partial charge >= 0.3 is 0 Å². The van der Waals surface area contributed by atoms with Crippen LogP contribution in [-0.4, -0.2) is 9.55 Å². The van der Waals surface area contributed by atoms with Gasteiger partial charge in [-0.25, -0.2) is 4.98 Å². The largest absolute Gasteiger partial charge is 0.369 e. The molecule has 2 N–H and O–H groups in total. The third-order valence-electron chi connectivity index (χ3n) is 1.74. The molecule has 0 bridgehead atoms. The number of nitrogens with two attached hydrogens (primary N) is 1. The fourth-order valence-corrected chi connectivity index (χ4v) is 2.39. The van der Waals surface area contributed by atoms with Gasteiger partial charge in [-0.15, -0.1) is 11.3 Å². The lowest BCUT2D eigenvalue weighted by atomic mass is 10.4. The summed E-state index contributed by atoms with van der Waals surface area (Å²) in [6.45, 7) is 0. The zero-order valence-corrected chi connectivity index (χ0v) is 9.39. The highest BCUT2D eigenvalue weighted by Gasteiger charge is 2.06. The Kier molecular flexibility index (Phi) is 2.13. The molecule has 0 aromatic carbocycles. The molecule has 0 aliphatic heterocycles. The van der Waals surface area contributed by atoms with E-state index in [0.717, 1.165) is 14.4 Å². The van der Waals surface area contributed by atoms with Crippen molar-refractivity contribution in [2.45, 2.75) is 0 Å². The van der Waals surface area contributed by atoms with Crippen molar-refractivity contribution in [2.24, 2.45) is 7.05 Å². The number of nitrogens with zero attached hydrogens (tertiary/aromatic N) is 2. The zero-order chi connectivity index (χ0) is 9.42. The molecule has 0 unspecified atom stereocenters. The number of rotatable bonds is 1. The summed E-state index contributed by atoms with van der Waals surface area (Å²) in [5.41, 5.74) is 6.56. The van der Waals surface area contributed by atoms with Crippen molar-refractivity contribution in [3.05, 3.63) is 22.1 Å². The molecule has 0 aliphatic rings. The molecule has 13 heavy (non-hydrogen) atoms. The van der Waals surface area contributed by atoms with Gasteiger partial charge in [-0.3, -0.25) is 0 Å². The zero-order valence-electron chi connectivity index (χ0n) is 6.99. The van der Waals surface area contributed by atoms with Gasteiger partial charge in [0.2, 0.25) is 0 Å². The Morgan fingerprint density at radius 3 is 2.77 bits per heavy atom. The second-order valence-corrected chi connectivity index (χ2v) is 5.16. The SMILES string of the molecule is Cn1cc(-c2ccc(Br)s2)nc1N. The van der Waals surface area contributed by atoms with Crippen LogP contribution in [0, 0.1) is 0 Å². The lowest BCUT2D eigenvalue weighted by Gasteiger charge is -1.87. The first-order chi connectivity index (χ1) is 6.16. The van der Waals surface area contributed by atoms with Crippen molar-refractivity contribution in [1.82, 2.24) is 9.55 Å². The maximum Gasteiger partial charge on any atom is 0.200 e. The van der Waals surface area contributed by atoms with Crippen molar-refractivity contribution in [3.8, 4) is 10.6 Å². The standard InChI is InChI=1S/C8H8BrN3S/c1-12-4-5(11-8(12)10)6-2-3-7(9)13-6/h2-4H,1H3,(H2,10,11). The normalized spacial score (nSPS) is 10.6. The van der Waals surface area contributed by atoms with Crippen LogP contribution in [0.1, 0.15) is 0 Å². The Hall–Kier alpha value is -0.810. The number of aryl methyl sites for hydroxylation is 1. The van der Waals surface area contributed by atoms with Gasteiger partial charge in [-0.2, -0.15) is 0 Å². The summed E-state index contributed by atoms with van der Waals surface area (Å²) in [6, 6.07) is 4.03. The van der Waals surface area contributed by atoms with Crippen LogP contribution >= 0.6 is 27.3 Å². The van der Waals surface area contributed by atoms with Crippen LogP contribution in [0.2, 0.25) is 0 Å². The van der Waals surface area contributed by atoms with E-state index in [1.165, 1.54) is 0 Å². The first-order valence-electron chi connectivity index (χ1n) is 3.71. The molecule has 2 aromatic rings. The predicted octanol–water partition coefficient (Wildman–Crippen LogP) is 2.49. The van der Waals surface area contributed by atoms with E-state index in [0.29, 0.717) is 5.95 Å². The molecule has 0 aliphatic carbocycles. The number of hydrogen-bond acceptors (Lipinski definition) is 3. The molecule has 2 heterocycles. The molecule has 0 saturated heterocycles. The molecule has 3 nitrogen and oxygen atoms in total. The van der Waals surface area contributed by atoms with Crippen molar-refractivity contribution >= 4 is 33.2 Å². The van der Waals surface area contributed by atoms with Gasteiger partial charge in [-0.05, 0) is 28.1 Å². The van der Waals surface area contributed by atoms with Crippen LogP contribution in [0.5, 0.6) is 0 Å². The van der Waals surface area contributed by atoms with Crippen LogP contribution < -0.4 is 5.73 Å². The van der Waals surface area contributed by atoms with Crippen molar-refractivity contribution in [3.63, 3.8) is 0 Å². The summed E-state index contributed by atoms with van der Waals surface area (Å²) in [5.74, 6) is 0.541. The fraction of sp³-hybridized carbons (Fsp3) is 0.125. The van der Waals surface area contributed by atoms with E-state index in [4.69, 9.17) is 5.73 Å². The maximum atomic E-state index is 5.63. The van der Waals surface area contributed by atoms with Gasteiger partial charge in [0.1, 0.15) is 5.69 Å². The lowest BCUT2D eigenvalue weighted by molar-refractivity contribution is 0.930. The smallest absolute Gasteiger partial charge is 0.200 e. The topological polar surface area (TPSA) is 43.8 Å². The van der Waals surface area contributed by atoms with Crippen LogP contribution in [0.15, 0.2) is 22.1 Å². The molecule has 0 atom stereocenters. The molecule has 0 fully saturated rings. The predicted molar refractivity (Wildman–Crippen MR) is 58.6 cm³/mol. The summed E-state index contributed by atoms with van der Waals surface area (Å²) < 4.78 is 2.91. The van der Waals surface area contributed by atoms with Crippen LogP contribution in [0.4, 0.5) is 5.95 Å². The van der Waals surface area contributed by atoms with Crippen molar-refractivity contribution in [1.29, 1.82) is 0 Å². The molecule has 0 saturated carbocycles. The van der Waals surface area contributed by atoms with Crippen LogP contribution in [-0.2, 0) is 7.05 Å². The molecule has 5 heteroatoms. The highest BCUT2D eigenvalue weighted by Crippen LogP contribution is 2.30. The van der Waals surface area contributed by atoms with E-state index in [2.05, 4.69) is 20.9 Å². The maximum absolute atomic E-state index is 5.63. The summed E-state index contributed by atoms with van der Waals surface area (Å²) in [7, 11) is 1.88. The molecule has 0 spiro atoms. The Bertz CT molecular complexity index is 413.